The van der Waals surface area contributed by atoms with E-state index in [0.29, 0.717) is 5.92 Å². The van der Waals surface area contributed by atoms with Crippen molar-refractivity contribution >= 4 is 27.5 Å². The summed E-state index contributed by atoms with van der Waals surface area (Å²) < 4.78 is 1.13. The van der Waals surface area contributed by atoms with E-state index in [1.165, 1.54) is 23.1 Å². The van der Waals surface area contributed by atoms with E-state index in [1.54, 1.807) is 0 Å². The molecule has 0 aliphatic heterocycles. The van der Waals surface area contributed by atoms with Gasteiger partial charge in [0.2, 0.25) is 0 Å². The van der Waals surface area contributed by atoms with Crippen LogP contribution in [0.2, 0.25) is 0 Å². The van der Waals surface area contributed by atoms with E-state index in [1.807, 2.05) is 0 Å². The second-order valence-corrected chi connectivity index (χ2v) is 6.62. The van der Waals surface area contributed by atoms with Crippen LogP contribution in [0.3, 0.4) is 0 Å². The van der Waals surface area contributed by atoms with Crippen molar-refractivity contribution in [2.75, 3.05) is 0 Å². The van der Waals surface area contributed by atoms with E-state index in [2.05, 4.69) is 64.5 Å². The molecule has 2 heteroatoms. The second kappa shape index (κ2) is 5.68. The first-order chi connectivity index (χ1) is 9.24. The van der Waals surface area contributed by atoms with Gasteiger partial charge >= 0.3 is 0 Å². The van der Waals surface area contributed by atoms with Crippen LogP contribution < -0.4 is 0 Å². The summed E-state index contributed by atoms with van der Waals surface area (Å²) in [7, 11) is 0. The molecule has 2 aromatic carbocycles. The van der Waals surface area contributed by atoms with E-state index in [-0.39, 0.29) is 5.38 Å². The summed E-state index contributed by atoms with van der Waals surface area (Å²) in [5.41, 5.74) is 4.13. The fraction of sp³-hybridized carbons (Fsp3) is 0.294. The molecular formula is C17H16BrCl. The third-order valence-corrected chi connectivity index (χ3v) is 5.08. The minimum absolute atomic E-state index is 0.147. The maximum atomic E-state index is 6.69. The number of alkyl halides is 1. The minimum atomic E-state index is 0.147. The molecule has 0 heterocycles. The Morgan fingerprint density at radius 2 is 1.79 bits per heavy atom. The summed E-state index contributed by atoms with van der Waals surface area (Å²) in [6.07, 6.45) is 3.40. The Bertz CT molecular complexity index is 562. The van der Waals surface area contributed by atoms with E-state index in [9.17, 15) is 0 Å². The molecule has 3 rings (SSSR count). The quantitative estimate of drug-likeness (QED) is 0.633. The molecule has 0 N–H and O–H groups in total. The lowest BCUT2D eigenvalue weighted by molar-refractivity contribution is 0.442. The molecule has 2 unspecified atom stereocenters. The molecular weight excluding hydrogens is 320 g/mol. The summed E-state index contributed by atoms with van der Waals surface area (Å²) in [4.78, 5) is 0. The Balaban J connectivity index is 1.79. The van der Waals surface area contributed by atoms with Gasteiger partial charge in [0.05, 0.1) is 5.38 Å². The third-order valence-electron chi connectivity index (χ3n) is 3.96. The molecule has 2 aromatic rings. The normalized spacial score (nSPS) is 22.0. The van der Waals surface area contributed by atoms with Crippen molar-refractivity contribution in [3.8, 4) is 0 Å². The number of aryl methyl sites for hydroxylation is 1. The first-order valence-electron chi connectivity index (χ1n) is 6.70. The molecule has 0 saturated heterocycles. The Kier molecular flexibility index (Phi) is 3.95. The maximum absolute atomic E-state index is 6.69. The van der Waals surface area contributed by atoms with Crippen LogP contribution in [0.1, 0.15) is 28.5 Å². The zero-order valence-corrected chi connectivity index (χ0v) is 13.0. The lowest BCUT2D eigenvalue weighted by Crippen LogP contribution is -2.19. The number of hydrogen-bond donors (Lipinski definition) is 0. The first-order valence-corrected chi connectivity index (χ1v) is 7.93. The van der Waals surface area contributed by atoms with Crippen LogP contribution >= 0.6 is 27.5 Å². The molecule has 2 atom stereocenters. The van der Waals surface area contributed by atoms with Crippen LogP contribution in [0.25, 0.3) is 0 Å². The second-order valence-electron chi connectivity index (χ2n) is 5.23. The number of rotatable bonds is 2. The van der Waals surface area contributed by atoms with Crippen LogP contribution in [0.15, 0.2) is 53.0 Å². The standard InChI is InChI=1S/C17H16BrCl/c18-15-9-5-12(6-10-15)11-14-8-7-13-3-1-2-4-16(13)17(14)19/h1-6,9-10,14,17H,7-8,11H2. The molecule has 1 aliphatic carbocycles. The molecule has 1 aliphatic rings. The summed E-state index contributed by atoms with van der Waals surface area (Å²) in [6, 6.07) is 17.2. The van der Waals surface area contributed by atoms with Crippen molar-refractivity contribution in [2.24, 2.45) is 5.92 Å². The van der Waals surface area contributed by atoms with Crippen LogP contribution in [-0.4, -0.2) is 0 Å². The van der Waals surface area contributed by atoms with Crippen LogP contribution in [0, 0.1) is 5.92 Å². The highest BCUT2D eigenvalue weighted by Gasteiger charge is 2.27. The van der Waals surface area contributed by atoms with Crippen molar-refractivity contribution in [1.82, 2.24) is 0 Å². The number of halogens is 2. The van der Waals surface area contributed by atoms with Crippen molar-refractivity contribution in [3.63, 3.8) is 0 Å². The predicted molar refractivity (Wildman–Crippen MR) is 84.7 cm³/mol. The zero-order chi connectivity index (χ0) is 13.2. The Morgan fingerprint density at radius 3 is 2.58 bits per heavy atom. The van der Waals surface area contributed by atoms with Crippen LogP contribution in [0.5, 0.6) is 0 Å². The van der Waals surface area contributed by atoms with Gasteiger partial charge in [-0.05, 0) is 54.0 Å². The van der Waals surface area contributed by atoms with Gasteiger partial charge in [-0.25, -0.2) is 0 Å². The van der Waals surface area contributed by atoms with Gasteiger partial charge in [0.25, 0.3) is 0 Å². The van der Waals surface area contributed by atoms with Gasteiger partial charge in [0.15, 0.2) is 0 Å². The fourth-order valence-corrected chi connectivity index (χ4v) is 3.59. The average Bonchev–Trinajstić information content (AvgIpc) is 2.45. The number of hydrogen-bond acceptors (Lipinski definition) is 0. The fourth-order valence-electron chi connectivity index (χ4n) is 2.90. The largest absolute Gasteiger partial charge is 0.117 e. The zero-order valence-electron chi connectivity index (χ0n) is 10.7. The van der Waals surface area contributed by atoms with Crippen molar-refractivity contribution < 1.29 is 0 Å². The minimum Gasteiger partial charge on any atom is -0.117 e. The predicted octanol–water partition coefficient (Wildman–Crippen LogP) is 5.53. The monoisotopic (exact) mass is 334 g/mol. The first kappa shape index (κ1) is 13.2. The van der Waals surface area contributed by atoms with Gasteiger partial charge in [-0.15, -0.1) is 11.6 Å². The molecule has 0 spiro atoms. The Hall–Kier alpha value is -0.790. The highest BCUT2D eigenvalue weighted by atomic mass is 79.9. The summed E-state index contributed by atoms with van der Waals surface area (Å²) in [6.45, 7) is 0. The van der Waals surface area contributed by atoms with Crippen molar-refractivity contribution in [1.29, 1.82) is 0 Å². The SMILES string of the molecule is ClC1c2ccccc2CCC1Cc1ccc(Br)cc1. The van der Waals surface area contributed by atoms with Gasteiger partial charge in [-0.1, -0.05) is 52.3 Å². The number of benzene rings is 2. The molecule has 0 fully saturated rings. The molecule has 98 valence electrons. The summed E-state index contributed by atoms with van der Waals surface area (Å²) in [5, 5.41) is 0.147. The topological polar surface area (TPSA) is 0 Å². The highest BCUT2D eigenvalue weighted by molar-refractivity contribution is 9.10. The summed E-state index contributed by atoms with van der Waals surface area (Å²) in [5.74, 6) is 0.540. The van der Waals surface area contributed by atoms with E-state index in [0.717, 1.165) is 17.3 Å². The molecule has 0 nitrogen and oxygen atoms in total. The van der Waals surface area contributed by atoms with Gasteiger partial charge < -0.3 is 0 Å². The van der Waals surface area contributed by atoms with Gasteiger partial charge in [0, 0.05) is 4.47 Å². The molecule has 0 radical (unpaired) electrons. The van der Waals surface area contributed by atoms with Crippen LogP contribution in [-0.2, 0) is 12.8 Å². The Labute approximate surface area is 127 Å². The highest BCUT2D eigenvalue weighted by Crippen LogP contribution is 2.40. The van der Waals surface area contributed by atoms with E-state index < -0.39 is 0 Å². The Morgan fingerprint density at radius 1 is 1.05 bits per heavy atom. The van der Waals surface area contributed by atoms with Gasteiger partial charge in [0.1, 0.15) is 0 Å². The average molecular weight is 336 g/mol. The lowest BCUT2D eigenvalue weighted by Gasteiger charge is -2.29. The molecule has 0 bridgehead atoms. The smallest absolute Gasteiger partial charge is 0.0619 e. The van der Waals surface area contributed by atoms with Crippen LogP contribution in [0.4, 0.5) is 0 Å². The van der Waals surface area contributed by atoms with Crippen molar-refractivity contribution in [2.45, 2.75) is 24.6 Å². The number of fused-ring (bicyclic) bond motifs is 1. The molecule has 0 amide bonds. The van der Waals surface area contributed by atoms with Crippen molar-refractivity contribution in [3.05, 3.63) is 69.7 Å². The van der Waals surface area contributed by atoms with Gasteiger partial charge in [-0.3, -0.25) is 0 Å². The maximum Gasteiger partial charge on any atom is 0.0619 e. The molecule has 0 aromatic heterocycles. The lowest BCUT2D eigenvalue weighted by atomic mass is 9.80. The molecule has 0 saturated carbocycles. The molecule has 19 heavy (non-hydrogen) atoms. The van der Waals surface area contributed by atoms with E-state index >= 15 is 0 Å². The van der Waals surface area contributed by atoms with E-state index in [4.69, 9.17) is 11.6 Å². The summed E-state index contributed by atoms with van der Waals surface area (Å²) >= 11 is 10.2. The third kappa shape index (κ3) is 2.88. The van der Waals surface area contributed by atoms with Gasteiger partial charge in [-0.2, -0.15) is 0 Å².